The highest BCUT2D eigenvalue weighted by molar-refractivity contribution is 5.94. The van der Waals surface area contributed by atoms with Crippen molar-refractivity contribution in [1.29, 1.82) is 0 Å². The van der Waals surface area contributed by atoms with Crippen LogP contribution in [0.4, 0.5) is 32.0 Å². The summed E-state index contributed by atoms with van der Waals surface area (Å²) >= 11 is 0. The van der Waals surface area contributed by atoms with Crippen LogP contribution in [-0.2, 0) is 17.1 Å². The Balaban J connectivity index is 2.31. The molecule has 0 amide bonds. The molecule has 4 N–H and O–H groups in total. The number of nitrogens with one attached hydrogen (secondary N) is 2. The van der Waals surface area contributed by atoms with Crippen LogP contribution in [0.3, 0.4) is 0 Å². The molecular formula is C18H24F6N4O. The van der Waals surface area contributed by atoms with Crippen molar-refractivity contribution in [2.24, 2.45) is 10.7 Å². The fourth-order valence-corrected chi connectivity index (χ4v) is 3.05. The molecule has 5 nitrogen and oxygen atoms in total. The van der Waals surface area contributed by atoms with Crippen molar-refractivity contribution in [3.05, 3.63) is 29.3 Å². The number of alkyl halides is 6. The quantitative estimate of drug-likeness (QED) is 0.288. The number of aliphatic imine (C=N–C) groups is 1. The summed E-state index contributed by atoms with van der Waals surface area (Å²) in [6.45, 7) is 0.402. The molecule has 0 aromatic heterocycles. The van der Waals surface area contributed by atoms with E-state index in [-0.39, 0.29) is 42.9 Å². The van der Waals surface area contributed by atoms with Gasteiger partial charge in [0.25, 0.3) is 0 Å². The number of nitrogens with two attached hydrogens (primary N) is 1. The molecule has 1 aliphatic carbocycles. The first-order valence-electron chi connectivity index (χ1n) is 9.12. The van der Waals surface area contributed by atoms with Gasteiger partial charge in [-0.2, -0.15) is 26.3 Å². The van der Waals surface area contributed by atoms with Crippen molar-refractivity contribution in [2.45, 2.75) is 50.1 Å². The van der Waals surface area contributed by atoms with E-state index in [1.807, 2.05) is 0 Å². The highest BCUT2D eigenvalue weighted by Gasteiger charge is 2.37. The van der Waals surface area contributed by atoms with E-state index in [0.717, 1.165) is 25.7 Å². The van der Waals surface area contributed by atoms with Crippen molar-refractivity contribution < 1.29 is 31.1 Å². The molecule has 1 saturated carbocycles. The number of methoxy groups -OCH3 is 1. The highest BCUT2D eigenvalue weighted by Crippen LogP contribution is 2.37. The van der Waals surface area contributed by atoms with Gasteiger partial charge in [-0.05, 0) is 31.0 Å². The molecule has 1 aromatic rings. The van der Waals surface area contributed by atoms with Crippen LogP contribution in [0.1, 0.15) is 36.8 Å². The Bertz CT molecular complexity index is 672. The number of hydrogen-bond donors (Lipinski definition) is 3. The molecule has 0 heterocycles. The predicted octanol–water partition coefficient (Wildman–Crippen LogP) is 4.00. The Hall–Kier alpha value is -2.01. The van der Waals surface area contributed by atoms with E-state index in [0.29, 0.717) is 12.1 Å². The van der Waals surface area contributed by atoms with Crippen LogP contribution in [0.5, 0.6) is 0 Å². The Morgan fingerprint density at radius 1 is 1.07 bits per heavy atom. The summed E-state index contributed by atoms with van der Waals surface area (Å²) in [5, 5.41) is 5.58. The van der Waals surface area contributed by atoms with Crippen molar-refractivity contribution in [3.8, 4) is 0 Å². The summed E-state index contributed by atoms with van der Waals surface area (Å²) in [7, 11) is 1.45. The summed E-state index contributed by atoms with van der Waals surface area (Å²) in [6, 6.07) is 0.931. The van der Waals surface area contributed by atoms with Gasteiger partial charge in [-0.3, -0.25) is 4.99 Å². The molecule has 1 aliphatic rings. The molecule has 0 spiro atoms. The molecule has 0 saturated heterocycles. The van der Waals surface area contributed by atoms with Gasteiger partial charge in [0, 0.05) is 24.9 Å². The maximum absolute atomic E-state index is 13.1. The van der Waals surface area contributed by atoms with Gasteiger partial charge in [-0.25, -0.2) is 0 Å². The van der Waals surface area contributed by atoms with Crippen LogP contribution >= 0.6 is 0 Å². The van der Waals surface area contributed by atoms with E-state index >= 15 is 0 Å². The summed E-state index contributed by atoms with van der Waals surface area (Å²) in [5.74, 6) is 0.0526. The first-order chi connectivity index (χ1) is 13.5. The van der Waals surface area contributed by atoms with E-state index in [1.165, 1.54) is 7.11 Å². The number of nitrogens with zero attached hydrogens (tertiary/aromatic N) is 1. The van der Waals surface area contributed by atoms with Crippen molar-refractivity contribution in [1.82, 2.24) is 5.32 Å². The van der Waals surface area contributed by atoms with Crippen LogP contribution in [0, 0.1) is 0 Å². The van der Waals surface area contributed by atoms with Crippen LogP contribution in [-0.4, -0.2) is 38.3 Å². The first kappa shape index (κ1) is 23.3. The molecule has 29 heavy (non-hydrogen) atoms. The van der Waals surface area contributed by atoms with E-state index in [9.17, 15) is 26.3 Å². The van der Waals surface area contributed by atoms with E-state index in [2.05, 4.69) is 15.6 Å². The minimum Gasteiger partial charge on any atom is -0.383 e. The third kappa shape index (κ3) is 7.07. The highest BCUT2D eigenvalue weighted by atomic mass is 19.4. The van der Waals surface area contributed by atoms with Crippen molar-refractivity contribution in [3.63, 3.8) is 0 Å². The summed E-state index contributed by atoms with van der Waals surface area (Å²) in [6.07, 6.45) is -6.48. The van der Waals surface area contributed by atoms with Gasteiger partial charge in [0.15, 0.2) is 5.96 Å². The topological polar surface area (TPSA) is 71.7 Å². The molecular weight excluding hydrogens is 402 g/mol. The number of halogens is 6. The zero-order valence-corrected chi connectivity index (χ0v) is 15.8. The minimum atomic E-state index is -4.93. The van der Waals surface area contributed by atoms with Gasteiger partial charge in [0.2, 0.25) is 0 Å². The fraction of sp³-hybridized carbons (Fsp3) is 0.611. The Morgan fingerprint density at radius 3 is 2.17 bits per heavy atom. The minimum absolute atomic E-state index is 0.0526. The maximum atomic E-state index is 13.1. The van der Waals surface area contributed by atoms with Crippen molar-refractivity contribution >= 4 is 11.6 Å². The van der Waals surface area contributed by atoms with Gasteiger partial charge in [0.05, 0.1) is 24.3 Å². The lowest BCUT2D eigenvalue weighted by molar-refractivity contribution is -0.143. The number of rotatable bonds is 5. The van der Waals surface area contributed by atoms with E-state index in [1.54, 1.807) is 0 Å². The van der Waals surface area contributed by atoms with Crippen LogP contribution in [0.2, 0.25) is 0 Å². The second-order valence-electron chi connectivity index (χ2n) is 6.84. The van der Waals surface area contributed by atoms with Gasteiger partial charge in [0.1, 0.15) is 0 Å². The van der Waals surface area contributed by atoms with E-state index in [4.69, 9.17) is 10.5 Å². The predicted molar refractivity (Wildman–Crippen MR) is 97.6 cm³/mol. The number of benzene rings is 1. The second kappa shape index (κ2) is 9.66. The summed E-state index contributed by atoms with van der Waals surface area (Å²) < 4.78 is 83.3. The largest absolute Gasteiger partial charge is 0.416 e. The summed E-state index contributed by atoms with van der Waals surface area (Å²) in [4.78, 5) is 4.17. The zero-order chi connectivity index (χ0) is 21.7. The normalized spacial score (nSPS) is 21.2. The Labute approximate surface area is 164 Å². The smallest absolute Gasteiger partial charge is 0.383 e. The maximum Gasteiger partial charge on any atom is 0.416 e. The number of hydrogen-bond acceptors (Lipinski definition) is 3. The molecule has 0 aliphatic heterocycles. The monoisotopic (exact) mass is 426 g/mol. The molecule has 0 radical (unpaired) electrons. The Morgan fingerprint density at radius 2 is 1.66 bits per heavy atom. The first-order valence-corrected chi connectivity index (χ1v) is 9.12. The molecule has 164 valence electrons. The fourth-order valence-electron chi connectivity index (χ4n) is 3.05. The molecule has 0 unspecified atom stereocenters. The lowest BCUT2D eigenvalue weighted by Gasteiger charge is -2.30. The SMILES string of the molecule is COCCN=C(Nc1cc(C(F)(F)F)cc(C(F)(F)F)c1)N[C@H]1CCCC[C@@H]1N. The lowest BCUT2D eigenvalue weighted by Crippen LogP contribution is -2.51. The third-order valence-corrected chi connectivity index (χ3v) is 4.56. The van der Waals surface area contributed by atoms with Crippen molar-refractivity contribution in [2.75, 3.05) is 25.6 Å². The number of anilines is 1. The zero-order valence-electron chi connectivity index (χ0n) is 15.8. The van der Waals surface area contributed by atoms with Gasteiger partial charge in [-0.15, -0.1) is 0 Å². The van der Waals surface area contributed by atoms with Gasteiger partial charge < -0.3 is 21.1 Å². The van der Waals surface area contributed by atoms with Gasteiger partial charge in [-0.1, -0.05) is 12.8 Å². The second-order valence-corrected chi connectivity index (χ2v) is 6.84. The molecule has 2 rings (SSSR count). The average Bonchev–Trinajstić information content (AvgIpc) is 2.62. The molecule has 1 fully saturated rings. The third-order valence-electron chi connectivity index (χ3n) is 4.56. The average molecular weight is 426 g/mol. The standard InChI is InChI=1S/C18H24F6N4O/c1-29-7-6-26-16(28-15-5-3-2-4-14(15)25)27-13-9-11(17(19,20)21)8-12(10-13)18(22,23)24/h8-10,14-15H,2-7,25H2,1H3,(H2,26,27,28)/t14-,15-/m0/s1. The van der Waals surface area contributed by atoms with E-state index < -0.39 is 23.5 Å². The van der Waals surface area contributed by atoms with Gasteiger partial charge >= 0.3 is 12.4 Å². The molecule has 0 bridgehead atoms. The lowest BCUT2D eigenvalue weighted by atomic mass is 9.91. The Kier molecular flexibility index (Phi) is 7.75. The van der Waals surface area contributed by atoms with Crippen LogP contribution in [0.15, 0.2) is 23.2 Å². The molecule has 11 heteroatoms. The number of guanidine groups is 1. The molecule has 1 aromatic carbocycles. The van der Waals surface area contributed by atoms with Crippen LogP contribution < -0.4 is 16.4 Å². The summed E-state index contributed by atoms with van der Waals surface area (Å²) in [5.41, 5.74) is 2.89. The van der Waals surface area contributed by atoms with Crippen LogP contribution in [0.25, 0.3) is 0 Å². The molecule has 2 atom stereocenters. The number of ether oxygens (including phenoxy) is 1.